The van der Waals surface area contributed by atoms with E-state index in [9.17, 15) is 9.59 Å². The van der Waals surface area contributed by atoms with Crippen LogP contribution in [0.5, 0.6) is 0 Å². The van der Waals surface area contributed by atoms with Gasteiger partial charge in [0.25, 0.3) is 5.91 Å². The van der Waals surface area contributed by atoms with Crippen LogP contribution in [0.25, 0.3) is 6.08 Å². The van der Waals surface area contributed by atoms with Crippen LogP contribution in [0.2, 0.25) is 0 Å². The molecule has 1 heterocycles. The summed E-state index contributed by atoms with van der Waals surface area (Å²) in [5.41, 5.74) is 3.08. The van der Waals surface area contributed by atoms with Gasteiger partial charge in [0, 0.05) is 10.9 Å². The Morgan fingerprint density at radius 2 is 1.72 bits per heavy atom. The number of carbonyl (C=O) groups excluding carboxylic acids is 2. The van der Waals surface area contributed by atoms with E-state index in [1.165, 1.54) is 36.6 Å². The zero-order valence-electron chi connectivity index (χ0n) is 18.8. The van der Waals surface area contributed by atoms with Crippen molar-refractivity contribution in [1.29, 1.82) is 0 Å². The molecule has 0 spiro atoms. The van der Waals surface area contributed by atoms with Gasteiger partial charge >= 0.3 is 0 Å². The van der Waals surface area contributed by atoms with Gasteiger partial charge in [-0.2, -0.15) is 0 Å². The zero-order chi connectivity index (χ0) is 22.3. The predicted octanol–water partition coefficient (Wildman–Crippen LogP) is 5.96. The van der Waals surface area contributed by atoms with Crippen molar-refractivity contribution in [3.05, 3.63) is 64.6 Å². The summed E-state index contributed by atoms with van der Waals surface area (Å²) in [4.78, 5) is 29.6. The van der Waals surface area contributed by atoms with Crippen LogP contribution in [-0.2, 0) is 16.0 Å². The van der Waals surface area contributed by atoms with Gasteiger partial charge in [-0.25, -0.2) is 0 Å². The Kier molecular flexibility index (Phi) is 7.69. The lowest BCUT2D eigenvalue weighted by Crippen LogP contribution is -2.45. The number of hydrogen-bond donors (Lipinski definition) is 1. The maximum Gasteiger partial charge on any atom is 0.265 e. The van der Waals surface area contributed by atoms with Gasteiger partial charge < -0.3 is 5.32 Å². The van der Waals surface area contributed by atoms with Gasteiger partial charge in [-0.1, -0.05) is 87.2 Å². The Hall–Kier alpha value is -2.53. The molecule has 2 amide bonds. The normalized spacial score (nSPS) is 18.7. The van der Waals surface area contributed by atoms with Crippen molar-refractivity contribution in [1.82, 2.24) is 5.32 Å². The van der Waals surface area contributed by atoms with Crippen LogP contribution < -0.4 is 10.2 Å². The SMILES string of the molecule is CCc1ccc(/C=C2/Sc3ccccc3N(CC(=O)NC3CCCCCCC3)C2=O)cc1. The van der Waals surface area contributed by atoms with Crippen molar-refractivity contribution < 1.29 is 9.59 Å². The summed E-state index contributed by atoms with van der Waals surface area (Å²) in [5, 5.41) is 3.20. The number of benzene rings is 2. The fourth-order valence-electron chi connectivity index (χ4n) is 4.44. The molecule has 168 valence electrons. The summed E-state index contributed by atoms with van der Waals surface area (Å²) in [6, 6.07) is 16.3. The lowest BCUT2D eigenvalue weighted by molar-refractivity contribution is -0.123. The number of amides is 2. The second-order valence-corrected chi connectivity index (χ2v) is 9.76. The molecule has 0 bridgehead atoms. The van der Waals surface area contributed by atoms with Crippen LogP contribution in [0.3, 0.4) is 0 Å². The third kappa shape index (κ3) is 5.63. The summed E-state index contributed by atoms with van der Waals surface area (Å²) in [6.07, 6.45) is 11.1. The van der Waals surface area contributed by atoms with Crippen molar-refractivity contribution in [2.24, 2.45) is 0 Å². The number of thioether (sulfide) groups is 1. The second-order valence-electron chi connectivity index (χ2n) is 8.67. The number of para-hydroxylation sites is 1. The molecule has 1 N–H and O–H groups in total. The maximum absolute atomic E-state index is 13.4. The number of carbonyl (C=O) groups is 2. The number of nitrogens with zero attached hydrogens (tertiary/aromatic N) is 1. The van der Waals surface area contributed by atoms with Crippen LogP contribution in [-0.4, -0.2) is 24.4 Å². The van der Waals surface area contributed by atoms with Gasteiger partial charge in [0.2, 0.25) is 5.91 Å². The average molecular weight is 449 g/mol. The molecule has 32 heavy (non-hydrogen) atoms. The molecular weight excluding hydrogens is 416 g/mol. The molecule has 0 radical (unpaired) electrons. The number of rotatable bonds is 5. The highest BCUT2D eigenvalue weighted by Crippen LogP contribution is 2.41. The highest BCUT2D eigenvalue weighted by Gasteiger charge is 2.30. The van der Waals surface area contributed by atoms with Gasteiger partial charge in [0.15, 0.2) is 0 Å². The van der Waals surface area contributed by atoms with Crippen LogP contribution in [0.15, 0.2) is 58.3 Å². The Morgan fingerprint density at radius 3 is 2.44 bits per heavy atom. The summed E-state index contributed by atoms with van der Waals surface area (Å²) in [5.74, 6) is -0.182. The fraction of sp³-hybridized carbons (Fsp3) is 0.407. The van der Waals surface area contributed by atoms with Gasteiger partial charge in [-0.3, -0.25) is 14.5 Å². The van der Waals surface area contributed by atoms with E-state index >= 15 is 0 Å². The Labute approximate surface area is 195 Å². The molecule has 0 unspecified atom stereocenters. The average Bonchev–Trinajstić information content (AvgIpc) is 2.79. The molecule has 2 aliphatic rings. The van der Waals surface area contributed by atoms with Gasteiger partial charge in [0.1, 0.15) is 6.54 Å². The first-order valence-corrected chi connectivity index (χ1v) is 12.6. The number of anilines is 1. The molecule has 5 heteroatoms. The summed E-state index contributed by atoms with van der Waals surface area (Å²) < 4.78 is 0. The molecule has 4 nitrogen and oxygen atoms in total. The first-order chi connectivity index (χ1) is 15.6. The highest BCUT2D eigenvalue weighted by molar-refractivity contribution is 8.04. The Bertz CT molecular complexity index is 975. The minimum atomic E-state index is -0.110. The molecule has 1 fully saturated rings. The molecule has 0 aromatic heterocycles. The van der Waals surface area contributed by atoms with Crippen LogP contribution in [0.4, 0.5) is 5.69 Å². The minimum absolute atomic E-state index is 0.0546. The van der Waals surface area contributed by atoms with E-state index in [0.717, 1.165) is 48.3 Å². The van der Waals surface area contributed by atoms with Crippen molar-refractivity contribution in [2.75, 3.05) is 11.4 Å². The van der Waals surface area contributed by atoms with Crippen molar-refractivity contribution in [3.8, 4) is 0 Å². The Morgan fingerprint density at radius 1 is 1.03 bits per heavy atom. The number of nitrogens with one attached hydrogen (secondary N) is 1. The predicted molar refractivity (Wildman–Crippen MR) is 133 cm³/mol. The summed E-state index contributed by atoms with van der Waals surface area (Å²) in [7, 11) is 0. The summed E-state index contributed by atoms with van der Waals surface area (Å²) in [6.45, 7) is 2.18. The van der Waals surface area contributed by atoms with Gasteiger partial charge in [-0.05, 0) is 48.6 Å². The van der Waals surface area contributed by atoms with E-state index in [0.29, 0.717) is 4.91 Å². The second kappa shape index (κ2) is 10.9. The van der Waals surface area contributed by atoms with Crippen LogP contribution in [0.1, 0.15) is 63.0 Å². The Balaban J connectivity index is 1.52. The third-order valence-corrected chi connectivity index (χ3v) is 7.37. The van der Waals surface area contributed by atoms with Gasteiger partial charge in [0.05, 0.1) is 10.6 Å². The van der Waals surface area contributed by atoms with Crippen LogP contribution in [0, 0.1) is 0 Å². The zero-order valence-corrected chi connectivity index (χ0v) is 19.6. The van der Waals surface area contributed by atoms with Crippen molar-refractivity contribution in [3.63, 3.8) is 0 Å². The lowest BCUT2D eigenvalue weighted by atomic mass is 9.97. The number of hydrogen-bond acceptors (Lipinski definition) is 3. The highest BCUT2D eigenvalue weighted by atomic mass is 32.2. The van der Waals surface area contributed by atoms with E-state index in [4.69, 9.17) is 0 Å². The van der Waals surface area contributed by atoms with Gasteiger partial charge in [-0.15, -0.1) is 0 Å². The standard InChI is InChI=1S/C27H32N2O2S/c1-2-20-14-16-21(17-15-20)18-25-27(31)29(23-12-8-9-13-24(23)32-25)19-26(30)28-22-10-6-4-3-5-7-11-22/h8-9,12-18,22H,2-7,10-11,19H2,1H3,(H,28,30)/b25-18+. The molecule has 1 aliphatic carbocycles. The maximum atomic E-state index is 13.4. The molecule has 2 aromatic rings. The third-order valence-electron chi connectivity index (χ3n) is 6.29. The quantitative estimate of drug-likeness (QED) is 0.574. The van der Waals surface area contributed by atoms with E-state index in [1.807, 2.05) is 42.5 Å². The first kappa shape index (κ1) is 22.7. The smallest absolute Gasteiger partial charge is 0.265 e. The van der Waals surface area contributed by atoms with E-state index in [-0.39, 0.29) is 24.4 Å². The number of aryl methyl sites for hydroxylation is 1. The topological polar surface area (TPSA) is 49.4 Å². The fourth-order valence-corrected chi connectivity index (χ4v) is 5.50. The molecule has 1 saturated carbocycles. The summed E-state index contributed by atoms with van der Waals surface area (Å²) >= 11 is 1.48. The molecule has 2 aromatic carbocycles. The largest absolute Gasteiger partial charge is 0.352 e. The molecule has 1 aliphatic heterocycles. The van der Waals surface area contributed by atoms with E-state index in [1.54, 1.807) is 4.90 Å². The molecule has 0 atom stereocenters. The monoisotopic (exact) mass is 448 g/mol. The van der Waals surface area contributed by atoms with Crippen LogP contribution >= 0.6 is 11.8 Å². The van der Waals surface area contributed by atoms with E-state index < -0.39 is 0 Å². The number of fused-ring (bicyclic) bond motifs is 1. The van der Waals surface area contributed by atoms with Crippen molar-refractivity contribution >= 4 is 35.3 Å². The minimum Gasteiger partial charge on any atom is -0.352 e. The molecular formula is C27H32N2O2S. The molecule has 0 saturated heterocycles. The van der Waals surface area contributed by atoms with E-state index in [2.05, 4.69) is 24.4 Å². The lowest BCUT2D eigenvalue weighted by Gasteiger charge is -2.30. The molecule has 4 rings (SSSR count). The van der Waals surface area contributed by atoms with Crippen molar-refractivity contribution in [2.45, 2.75) is 69.2 Å². The first-order valence-electron chi connectivity index (χ1n) is 11.8.